The minimum absolute atomic E-state index is 0.401. The SMILES string of the molecule is Cc1nc(N2CCC(N3CCCCC3)CC2)sc1C(C)O. The zero-order valence-corrected chi connectivity index (χ0v) is 14.0. The molecular formula is C16H27N3OS. The molecule has 2 aliphatic heterocycles. The van der Waals surface area contributed by atoms with Gasteiger partial charge in [0.15, 0.2) is 5.13 Å². The molecule has 4 nitrogen and oxygen atoms in total. The molecule has 118 valence electrons. The van der Waals surface area contributed by atoms with Crippen LogP contribution in [-0.4, -0.2) is 47.2 Å². The summed E-state index contributed by atoms with van der Waals surface area (Å²) in [6, 6.07) is 0.777. The van der Waals surface area contributed by atoms with E-state index < -0.39 is 6.10 Å². The quantitative estimate of drug-likeness (QED) is 0.932. The zero-order valence-electron chi connectivity index (χ0n) is 13.2. The second-order valence-electron chi connectivity index (χ2n) is 6.44. The molecule has 0 aromatic carbocycles. The lowest BCUT2D eigenvalue weighted by molar-refractivity contribution is 0.141. The molecule has 2 saturated heterocycles. The van der Waals surface area contributed by atoms with Crippen LogP contribution in [0.4, 0.5) is 5.13 Å². The van der Waals surface area contributed by atoms with Crippen molar-refractivity contribution in [3.05, 3.63) is 10.6 Å². The largest absolute Gasteiger partial charge is 0.388 e. The number of likely N-dealkylation sites (tertiary alicyclic amines) is 1. The summed E-state index contributed by atoms with van der Waals surface area (Å²) in [5.41, 5.74) is 0.989. The average Bonchev–Trinajstić information content (AvgIpc) is 2.90. The number of aromatic nitrogens is 1. The molecular weight excluding hydrogens is 282 g/mol. The Morgan fingerprint density at radius 1 is 1.14 bits per heavy atom. The molecule has 1 aromatic rings. The van der Waals surface area contributed by atoms with Gasteiger partial charge in [0.1, 0.15) is 0 Å². The molecule has 21 heavy (non-hydrogen) atoms. The van der Waals surface area contributed by atoms with E-state index in [0.717, 1.165) is 34.8 Å². The summed E-state index contributed by atoms with van der Waals surface area (Å²) in [6.07, 6.45) is 6.27. The van der Waals surface area contributed by atoms with Gasteiger partial charge in [0, 0.05) is 19.1 Å². The van der Waals surface area contributed by atoms with Crippen LogP contribution < -0.4 is 4.90 Å². The van der Waals surface area contributed by atoms with Gasteiger partial charge in [0.2, 0.25) is 0 Å². The second-order valence-corrected chi connectivity index (χ2v) is 7.45. The van der Waals surface area contributed by atoms with Crippen LogP contribution in [0, 0.1) is 6.92 Å². The Kier molecular flexibility index (Phi) is 4.82. The highest BCUT2D eigenvalue weighted by Gasteiger charge is 2.27. The van der Waals surface area contributed by atoms with Gasteiger partial charge < -0.3 is 14.9 Å². The summed E-state index contributed by atoms with van der Waals surface area (Å²) in [5, 5.41) is 10.9. The molecule has 0 spiro atoms. The first kappa shape index (κ1) is 15.3. The minimum Gasteiger partial charge on any atom is -0.388 e. The van der Waals surface area contributed by atoms with E-state index in [1.165, 1.54) is 45.2 Å². The van der Waals surface area contributed by atoms with E-state index in [-0.39, 0.29) is 0 Å². The van der Waals surface area contributed by atoms with Gasteiger partial charge in [-0.1, -0.05) is 17.8 Å². The molecule has 1 aromatic heterocycles. The van der Waals surface area contributed by atoms with Crippen molar-refractivity contribution in [1.82, 2.24) is 9.88 Å². The summed E-state index contributed by atoms with van der Waals surface area (Å²) in [6.45, 7) is 8.64. The molecule has 2 fully saturated rings. The fourth-order valence-corrected chi connectivity index (χ4v) is 4.68. The Bertz CT molecular complexity index is 460. The van der Waals surface area contributed by atoms with Gasteiger partial charge in [0.25, 0.3) is 0 Å². The molecule has 0 aliphatic carbocycles. The lowest BCUT2D eigenvalue weighted by atomic mass is 10.0. The Balaban J connectivity index is 1.59. The average molecular weight is 309 g/mol. The molecule has 2 aliphatic rings. The first-order valence-corrected chi connectivity index (χ1v) is 9.11. The van der Waals surface area contributed by atoms with Crippen molar-refractivity contribution < 1.29 is 5.11 Å². The van der Waals surface area contributed by atoms with Crippen molar-refractivity contribution in [3.63, 3.8) is 0 Å². The van der Waals surface area contributed by atoms with E-state index in [2.05, 4.69) is 14.8 Å². The van der Waals surface area contributed by atoms with Gasteiger partial charge in [0.05, 0.1) is 16.7 Å². The first-order valence-electron chi connectivity index (χ1n) is 8.29. The molecule has 3 rings (SSSR count). The third-order valence-electron chi connectivity index (χ3n) is 4.84. The smallest absolute Gasteiger partial charge is 0.185 e. The summed E-state index contributed by atoms with van der Waals surface area (Å²) in [4.78, 5) is 10.8. The van der Waals surface area contributed by atoms with Crippen LogP contribution in [0.1, 0.15) is 55.7 Å². The number of thiazole rings is 1. The molecule has 5 heteroatoms. The van der Waals surface area contributed by atoms with Crippen LogP contribution >= 0.6 is 11.3 Å². The number of aliphatic hydroxyl groups excluding tert-OH is 1. The number of aliphatic hydroxyl groups is 1. The molecule has 0 radical (unpaired) electrons. The van der Waals surface area contributed by atoms with Crippen LogP contribution in [0.3, 0.4) is 0 Å². The lowest BCUT2D eigenvalue weighted by Crippen LogP contribution is -2.46. The van der Waals surface area contributed by atoms with E-state index in [9.17, 15) is 5.11 Å². The van der Waals surface area contributed by atoms with Crippen LogP contribution in [-0.2, 0) is 0 Å². The number of rotatable bonds is 3. The number of aryl methyl sites for hydroxylation is 1. The second kappa shape index (κ2) is 6.63. The topological polar surface area (TPSA) is 39.6 Å². The molecule has 1 unspecified atom stereocenters. The van der Waals surface area contributed by atoms with Crippen molar-refractivity contribution in [2.24, 2.45) is 0 Å². The maximum Gasteiger partial charge on any atom is 0.185 e. The van der Waals surface area contributed by atoms with E-state index in [4.69, 9.17) is 0 Å². The Morgan fingerprint density at radius 2 is 1.81 bits per heavy atom. The molecule has 0 amide bonds. The third kappa shape index (κ3) is 3.41. The lowest BCUT2D eigenvalue weighted by Gasteiger charge is -2.40. The minimum atomic E-state index is -0.401. The molecule has 0 saturated carbocycles. The van der Waals surface area contributed by atoms with Crippen LogP contribution in [0.15, 0.2) is 0 Å². The zero-order chi connectivity index (χ0) is 14.8. The fourth-order valence-electron chi connectivity index (χ4n) is 3.62. The van der Waals surface area contributed by atoms with Crippen molar-refractivity contribution in [1.29, 1.82) is 0 Å². The van der Waals surface area contributed by atoms with Gasteiger partial charge in [-0.2, -0.15) is 0 Å². The number of hydrogen-bond donors (Lipinski definition) is 1. The van der Waals surface area contributed by atoms with Crippen molar-refractivity contribution in [2.75, 3.05) is 31.1 Å². The summed E-state index contributed by atoms with van der Waals surface area (Å²) >= 11 is 1.66. The van der Waals surface area contributed by atoms with E-state index in [1.54, 1.807) is 11.3 Å². The Morgan fingerprint density at radius 3 is 2.38 bits per heavy atom. The highest BCUT2D eigenvalue weighted by atomic mass is 32.1. The summed E-state index contributed by atoms with van der Waals surface area (Å²) in [5.74, 6) is 0. The fraction of sp³-hybridized carbons (Fsp3) is 0.812. The van der Waals surface area contributed by atoms with Crippen molar-refractivity contribution in [3.8, 4) is 0 Å². The molecule has 3 heterocycles. The standard InChI is InChI=1S/C16H27N3OS/c1-12-15(13(2)20)21-16(17-12)19-10-6-14(7-11-19)18-8-4-3-5-9-18/h13-14,20H,3-11H2,1-2H3. The maximum atomic E-state index is 9.77. The third-order valence-corrected chi connectivity index (χ3v) is 6.23. The number of anilines is 1. The predicted octanol–water partition coefficient (Wildman–Crippen LogP) is 2.96. The monoisotopic (exact) mass is 309 g/mol. The van der Waals surface area contributed by atoms with Crippen LogP contribution in [0.5, 0.6) is 0 Å². The van der Waals surface area contributed by atoms with Crippen molar-refractivity contribution in [2.45, 2.75) is 58.1 Å². The van der Waals surface area contributed by atoms with Crippen molar-refractivity contribution >= 4 is 16.5 Å². The normalized spacial score (nSPS) is 23.5. The Labute approximate surface area is 131 Å². The summed E-state index contributed by atoms with van der Waals surface area (Å²) in [7, 11) is 0. The van der Waals surface area contributed by atoms with E-state index >= 15 is 0 Å². The van der Waals surface area contributed by atoms with E-state index in [0.29, 0.717) is 0 Å². The highest BCUT2D eigenvalue weighted by Crippen LogP contribution is 2.32. The first-order chi connectivity index (χ1) is 10.1. The van der Waals surface area contributed by atoms with Gasteiger partial charge in [-0.15, -0.1) is 0 Å². The number of hydrogen-bond acceptors (Lipinski definition) is 5. The van der Waals surface area contributed by atoms with Gasteiger partial charge >= 0.3 is 0 Å². The Hall–Kier alpha value is -0.650. The van der Waals surface area contributed by atoms with Crippen LogP contribution in [0.2, 0.25) is 0 Å². The van der Waals surface area contributed by atoms with Gasteiger partial charge in [-0.25, -0.2) is 4.98 Å². The highest BCUT2D eigenvalue weighted by molar-refractivity contribution is 7.15. The number of piperidine rings is 2. The molecule has 0 bridgehead atoms. The predicted molar refractivity (Wildman–Crippen MR) is 88.1 cm³/mol. The van der Waals surface area contributed by atoms with Crippen LogP contribution in [0.25, 0.3) is 0 Å². The molecule has 1 N–H and O–H groups in total. The maximum absolute atomic E-state index is 9.77. The van der Waals surface area contributed by atoms with Gasteiger partial charge in [-0.3, -0.25) is 0 Å². The van der Waals surface area contributed by atoms with E-state index in [1.807, 2.05) is 13.8 Å². The molecule has 1 atom stereocenters. The number of nitrogens with zero attached hydrogens (tertiary/aromatic N) is 3. The summed E-state index contributed by atoms with van der Waals surface area (Å²) < 4.78 is 0. The van der Waals surface area contributed by atoms with Gasteiger partial charge in [-0.05, 0) is 52.6 Å².